The molecule has 3 rings (SSSR count). The highest BCUT2D eigenvalue weighted by Crippen LogP contribution is 2.25. The van der Waals surface area contributed by atoms with Crippen molar-refractivity contribution in [1.82, 2.24) is 15.0 Å². The Balaban J connectivity index is 1.79. The molecule has 1 aliphatic carbocycles. The molecule has 2 aromatic heterocycles. The zero-order chi connectivity index (χ0) is 14.7. The minimum atomic E-state index is -0.173. The average molecular weight is 285 g/mol. The van der Waals surface area contributed by atoms with E-state index in [1.165, 1.54) is 0 Å². The van der Waals surface area contributed by atoms with Crippen LogP contribution in [0.2, 0.25) is 0 Å². The van der Waals surface area contributed by atoms with E-state index in [0.717, 1.165) is 36.9 Å². The third-order valence-corrected chi connectivity index (χ3v) is 3.80. The zero-order valence-corrected chi connectivity index (χ0v) is 11.7. The van der Waals surface area contributed by atoms with Crippen LogP contribution in [0.1, 0.15) is 25.7 Å². The summed E-state index contributed by atoms with van der Waals surface area (Å²) in [5, 5.41) is 12.9. The maximum Gasteiger partial charge on any atom is 0.169 e. The second-order valence-electron chi connectivity index (χ2n) is 5.38. The van der Waals surface area contributed by atoms with Gasteiger partial charge in [0.15, 0.2) is 11.6 Å². The predicted molar refractivity (Wildman–Crippen MR) is 81.6 cm³/mol. The Hall–Kier alpha value is -2.21. The molecule has 0 radical (unpaired) electrons. The lowest BCUT2D eigenvalue weighted by molar-refractivity contribution is 0.126. The molecule has 0 bridgehead atoms. The Morgan fingerprint density at radius 1 is 1.19 bits per heavy atom. The van der Waals surface area contributed by atoms with E-state index in [1.54, 1.807) is 18.6 Å². The largest absolute Gasteiger partial charge is 0.393 e. The van der Waals surface area contributed by atoms with Crippen LogP contribution in [0.5, 0.6) is 0 Å². The first kappa shape index (κ1) is 13.8. The van der Waals surface area contributed by atoms with Gasteiger partial charge in [-0.15, -0.1) is 0 Å². The standard InChI is InChI=1S/C15H19N5O/c16-14-15(19-11-3-5-12(21)6-4-11)20-13(9-18-14)10-2-1-7-17-8-10/h1-2,7-9,11-12,21H,3-6H2,(H2,16,18)(H,19,20). The van der Waals surface area contributed by atoms with Gasteiger partial charge in [-0.05, 0) is 37.8 Å². The van der Waals surface area contributed by atoms with Crippen molar-refractivity contribution < 1.29 is 5.11 Å². The molecule has 1 saturated carbocycles. The first-order valence-corrected chi connectivity index (χ1v) is 7.20. The number of aromatic nitrogens is 3. The van der Waals surface area contributed by atoms with E-state index in [9.17, 15) is 5.11 Å². The Labute approximate surface area is 123 Å². The lowest BCUT2D eigenvalue weighted by atomic mass is 9.93. The fraction of sp³-hybridized carbons (Fsp3) is 0.400. The quantitative estimate of drug-likeness (QED) is 0.796. The summed E-state index contributed by atoms with van der Waals surface area (Å²) in [6, 6.07) is 4.09. The molecule has 0 aliphatic heterocycles. The van der Waals surface area contributed by atoms with E-state index in [1.807, 2.05) is 12.1 Å². The highest BCUT2D eigenvalue weighted by Gasteiger charge is 2.20. The lowest BCUT2D eigenvalue weighted by Gasteiger charge is -2.26. The molecular weight excluding hydrogens is 266 g/mol. The van der Waals surface area contributed by atoms with E-state index in [4.69, 9.17) is 5.73 Å². The van der Waals surface area contributed by atoms with E-state index < -0.39 is 0 Å². The number of rotatable bonds is 3. The number of hydrogen-bond donors (Lipinski definition) is 3. The minimum Gasteiger partial charge on any atom is -0.393 e. The van der Waals surface area contributed by atoms with Crippen LogP contribution in [0.25, 0.3) is 11.3 Å². The molecule has 0 spiro atoms. The Morgan fingerprint density at radius 2 is 2.00 bits per heavy atom. The second-order valence-corrected chi connectivity index (χ2v) is 5.38. The summed E-state index contributed by atoms with van der Waals surface area (Å²) >= 11 is 0. The van der Waals surface area contributed by atoms with Gasteiger partial charge in [0.2, 0.25) is 0 Å². The van der Waals surface area contributed by atoms with Gasteiger partial charge < -0.3 is 16.2 Å². The Kier molecular flexibility index (Phi) is 3.96. The van der Waals surface area contributed by atoms with Crippen molar-refractivity contribution >= 4 is 11.6 Å². The third-order valence-electron chi connectivity index (χ3n) is 3.80. The van der Waals surface area contributed by atoms with Gasteiger partial charge in [0.25, 0.3) is 0 Å². The van der Waals surface area contributed by atoms with Crippen molar-refractivity contribution in [3.63, 3.8) is 0 Å². The topological polar surface area (TPSA) is 97.0 Å². The van der Waals surface area contributed by atoms with Crippen molar-refractivity contribution in [3.8, 4) is 11.3 Å². The molecule has 1 fully saturated rings. The van der Waals surface area contributed by atoms with Crippen LogP contribution in [-0.2, 0) is 0 Å². The van der Waals surface area contributed by atoms with Gasteiger partial charge in [0, 0.05) is 24.0 Å². The van der Waals surface area contributed by atoms with Crippen molar-refractivity contribution in [2.75, 3.05) is 11.1 Å². The van der Waals surface area contributed by atoms with Crippen LogP contribution in [0.15, 0.2) is 30.7 Å². The molecule has 4 N–H and O–H groups in total. The molecule has 0 unspecified atom stereocenters. The molecule has 21 heavy (non-hydrogen) atoms. The number of nitrogen functional groups attached to an aromatic ring is 1. The van der Waals surface area contributed by atoms with E-state index >= 15 is 0 Å². The van der Waals surface area contributed by atoms with Gasteiger partial charge in [-0.25, -0.2) is 9.97 Å². The number of nitrogens with two attached hydrogens (primary N) is 1. The number of nitrogens with zero attached hydrogens (tertiary/aromatic N) is 3. The fourth-order valence-corrected chi connectivity index (χ4v) is 2.57. The molecule has 110 valence electrons. The van der Waals surface area contributed by atoms with Crippen molar-refractivity contribution in [3.05, 3.63) is 30.7 Å². The monoisotopic (exact) mass is 285 g/mol. The van der Waals surface area contributed by atoms with Crippen molar-refractivity contribution in [1.29, 1.82) is 0 Å². The van der Waals surface area contributed by atoms with E-state index in [2.05, 4.69) is 20.3 Å². The van der Waals surface area contributed by atoms with Gasteiger partial charge >= 0.3 is 0 Å². The molecular formula is C15H19N5O. The second kappa shape index (κ2) is 6.05. The first-order valence-electron chi connectivity index (χ1n) is 7.20. The van der Waals surface area contributed by atoms with Gasteiger partial charge in [-0.1, -0.05) is 0 Å². The molecule has 0 aromatic carbocycles. The predicted octanol–water partition coefficient (Wildman–Crippen LogP) is 1.84. The normalized spacial score (nSPS) is 22.0. The van der Waals surface area contributed by atoms with Crippen LogP contribution in [0, 0.1) is 0 Å². The molecule has 0 amide bonds. The number of anilines is 2. The number of hydrogen-bond acceptors (Lipinski definition) is 6. The van der Waals surface area contributed by atoms with E-state index in [0.29, 0.717) is 11.6 Å². The summed E-state index contributed by atoms with van der Waals surface area (Å²) in [5.74, 6) is 1.01. The van der Waals surface area contributed by atoms with Crippen LogP contribution >= 0.6 is 0 Å². The van der Waals surface area contributed by atoms with Crippen LogP contribution in [0.4, 0.5) is 11.6 Å². The minimum absolute atomic E-state index is 0.173. The number of pyridine rings is 1. The maximum absolute atomic E-state index is 9.55. The van der Waals surface area contributed by atoms with Crippen molar-refractivity contribution in [2.24, 2.45) is 0 Å². The molecule has 2 aromatic rings. The molecule has 2 heterocycles. The van der Waals surface area contributed by atoms with Crippen LogP contribution < -0.4 is 11.1 Å². The fourth-order valence-electron chi connectivity index (χ4n) is 2.57. The molecule has 6 nitrogen and oxygen atoms in total. The zero-order valence-electron chi connectivity index (χ0n) is 11.7. The van der Waals surface area contributed by atoms with E-state index in [-0.39, 0.29) is 12.1 Å². The van der Waals surface area contributed by atoms with Gasteiger partial charge in [-0.3, -0.25) is 4.98 Å². The Bertz CT molecular complexity index is 596. The Morgan fingerprint density at radius 3 is 2.71 bits per heavy atom. The maximum atomic E-state index is 9.55. The molecule has 6 heteroatoms. The summed E-state index contributed by atoms with van der Waals surface area (Å²) in [5.41, 5.74) is 7.57. The first-order chi connectivity index (χ1) is 10.2. The molecule has 0 saturated heterocycles. The van der Waals surface area contributed by atoms with Crippen LogP contribution in [0.3, 0.4) is 0 Å². The lowest BCUT2D eigenvalue weighted by Crippen LogP contribution is -2.29. The summed E-state index contributed by atoms with van der Waals surface area (Å²) in [6.07, 6.45) is 8.41. The molecule has 0 atom stereocenters. The smallest absolute Gasteiger partial charge is 0.169 e. The van der Waals surface area contributed by atoms with Gasteiger partial charge in [-0.2, -0.15) is 0 Å². The van der Waals surface area contributed by atoms with Gasteiger partial charge in [0.05, 0.1) is 18.0 Å². The summed E-state index contributed by atoms with van der Waals surface area (Å²) in [6.45, 7) is 0. The average Bonchev–Trinajstić information content (AvgIpc) is 2.52. The number of aliphatic hydroxyl groups excluding tert-OH is 1. The number of nitrogens with one attached hydrogen (secondary N) is 1. The SMILES string of the molecule is Nc1ncc(-c2cccnc2)nc1NC1CCC(O)CC1. The van der Waals surface area contributed by atoms with Crippen molar-refractivity contribution in [2.45, 2.75) is 37.8 Å². The summed E-state index contributed by atoms with van der Waals surface area (Å²) in [7, 11) is 0. The van der Waals surface area contributed by atoms with Gasteiger partial charge in [0.1, 0.15) is 0 Å². The molecule has 1 aliphatic rings. The third kappa shape index (κ3) is 3.28. The number of aliphatic hydroxyl groups is 1. The summed E-state index contributed by atoms with van der Waals surface area (Å²) < 4.78 is 0. The summed E-state index contributed by atoms with van der Waals surface area (Å²) in [4.78, 5) is 12.9. The highest BCUT2D eigenvalue weighted by molar-refractivity contribution is 5.64. The highest BCUT2D eigenvalue weighted by atomic mass is 16.3. The van der Waals surface area contributed by atoms with Crippen LogP contribution in [-0.4, -0.2) is 32.2 Å².